The van der Waals surface area contributed by atoms with Crippen molar-refractivity contribution in [2.75, 3.05) is 5.32 Å². The minimum absolute atomic E-state index is 0.211. The average molecular weight is 351 g/mol. The van der Waals surface area contributed by atoms with Crippen LogP contribution in [0.2, 0.25) is 5.02 Å². The van der Waals surface area contributed by atoms with Crippen LogP contribution in [-0.4, -0.2) is 30.6 Å². The molecule has 2 aromatic heterocycles. The van der Waals surface area contributed by atoms with Crippen LogP contribution in [0.3, 0.4) is 0 Å². The molecule has 0 saturated heterocycles. The van der Waals surface area contributed by atoms with Gasteiger partial charge in [0.05, 0.1) is 28.6 Å². The van der Waals surface area contributed by atoms with Gasteiger partial charge in [0, 0.05) is 5.02 Å². The lowest BCUT2D eigenvalue weighted by Crippen LogP contribution is -2.16. The van der Waals surface area contributed by atoms with Crippen LogP contribution in [0.1, 0.15) is 10.5 Å². The topological polar surface area (TPSA) is 85.6 Å². The Labute approximate surface area is 147 Å². The summed E-state index contributed by atoms with van der Waals surface area (Å²) in [7, 11) is 0. The number of benzene rings is 2. The number of halogens is 1. The summed E-state index contributed by atoms with van der Waals surface area (Å²) >= 11 is 6.06. The summed E-state index contributed by atoms with van der Waals surface area (Å²) in [6, 6.07) is 12.5. The Kier molecular flexibility index (Phi) is 3.83. The molecular weight excluding hydrogens is 340 g/mol. The molecule has 0 bridgehead atoms. The summed E-state index contributed by atoms with van der Waals surface area (Å²) in [4.78, 5) is 25.1. The Balaban J connectivity index is 1.69. The zero-order valence-electron chi connectivity index (χ0n) is 12.8. The van der Waals surface area contributed by atoms with E-state index < -0.39 is 0 Å². The summed E-state index contributed by atoms with van der Waals surface area (Å²) in [6.45, 7) is 0. The highest BCUT2D eigenvalue weighted by Crippen LogP contribution is 2.24. The van der Waals surface area contributed by atoms with Gasteiger partial charge in [-0.3, -0.25) is 9.78 Å². The molecule has 1 N–H and O–H groups in total. The van der Waals surface area contributed by atoms with E-state index in [1.807, 2.05) is 18.2 Å². The van der Waals surface area contributed by atoms with Gasteiger partial charge in [0.15, 0.2) is 0 Å². The van der Waals surface area contributed by atoms with Gasteiger partial charge >= 0.3 is 0 Å². The fourth-order valence-corrected chi connectivity index (χ4v) is 2.57. The van der Waals surface area contributed by atoms with Gasteiger partial charge in [-0.05, 0) is 30.3 Å². The molecule has 8 heteroatoms. The molecule has 0 atom stereocenters. The van der Waals surface area contributed by atoms with E-state index in [0.717, 1.165) is 5.52 Å². The number of amides is 1. The first kappa shape index (κ1) is 15.2. The van der Waals surface area contributed by atoms with Gasteiger partial charge in [-0.15, -0.1) is 0 Å². The number of fused-ring (bicyclic) bond motifs is 1. The zero-order chi connectivity index (χ0) is 17.2. The maximum absolute atomic E-state index is 12.6. The van der Waals surface area contributed by atoms with Crippen LogP contribution >= 0.6 is 11.6 Å². The third kappa shape index (κ3) is 3.05. The molecule has 0 aliphatic rings. The van der Waals surface area contributed by atoms with Crippen LogP contribution in [0.5, 0.6) is 0 Å². The summed E-state index contributed by atoms with van der Waals surface area (Å²) in [5.41, 5.74) is 2.73. The average Bonchev–Trinajstić information content (AvgIpc) is 3.16. The molecule has 0 aliphatic heterocycles. The van der Waals surface area contributed by atoms with E-state index in [0.29, 0.717) is 21.9 Å². The Morgan fingerprint density at radius 2 is 1.96 bits per heavy atom. The lowest BCUT2D eigenvalue weighted by molar-refractivity contribution is 0.102. The van der Waals surface area contributed by atoms with E-state index in [1.54, 1.807) is 24.3 Å². The number of hydrogen-bond donors (Lipinski definition) is 1. The Hall–Kier alpha value is -3.32. The normalized spacial score (nSPS) is 10.8. The fraction of sp³-hybridized carbons (Fsp3) is 0. The fourth-order valence-electron chi connectivity index (χ4n) is 2.39. The van der Waals surface area contributed by atoms with Crippen molar-refractivity contribution in [2.24, 2.45) is 0 Å². The number of aromatic nitrogens is 5. The molecule has 7 nitrogen and oxygen atoms in total. The third-order valence-electron chi connectivity index (χ3n) is 3.55. The molecule has 1 amide bonds. The molecule has 0 aliphatic carbocycles. The lowest BCUT2D eigenvalue weighted by atomic mass is 10.2. The SMILES string of the molecule is O=C(Nc1cc(Cl)ccc1-n1cncn1)c1cnc2ccccc2n1. The Bertz CT molecular complexity index is 1060. The molecule has 0 unspecified atom stereocenters. The van der Waals surface area contributed by atoms with Crippen molar-refractivity contribution in [3.63, 3.8) is 0 Å². The number of carbonyl (C=O) groups excluding carboxylic acids is 1. The van der Waals surface area contributed by atoms with Gasteiger partial charge in [0.2, 0.25) is 0 Å². The summed E-state index contributed by atoms with van der Waals surface area (Å²) < 4.78 is 1.54. The Morgan fingerprint density at radius 1 is 1.12 bits per heavy atom. The molecule has 0 radical (unpaired) electrons. The van der Waals surface area contributed by atoms with Crippen molar-refractivity contribution in [3.8, 4) is 5.69 Å². The van der Waals surface area contributed by atoms with Crippen LogP contribution in [0.15, 0.2) is 61.3 Å². The van der Waals surface area contributed by atoms with Crippen molar-refractivity contribution in [1.82, 2.24) is 24.7 Å². The molecule has 2 aromatic carbocycles. The first-order chi connectivity index (χ1) is 12.2. The van der Waals surface area contributed by atoms with E-state index in [2.05, 4.69) is 25.4 Å². The molecule has 122 valence electrons. The van der Waals surface area contributed by atoms with Crippen LogP contribution in [-0.2, 0) is 0 Å². The minimum atomic E-state index is -0.387. The van der Waals surface area contributed by atoms with Gasteiger partial charge < -0.3 is 5.32 Å². The van der Waals surface area contributed by atoms with E-state index in [4.69, 9.17) is 11.6 Å². The maximum Gasteiger partial charge on any atom is 0.275 e. The molecule has 0 saturated carbocycles. The van der Waals surface area contributed by atoms with Gasteiger partial charge in [-0.1, -0.05) is 23.7 Å². The number of para-hydroxylation sites is 2. The van der Waals surface area contributed by atoms with Gasteiger partial charge in [0.1, 0.15) is 18.3 Å². The highest BCUT2D eigenvalue weighted by atomic mass is 35.5. The highest BCUT2D eigenvalue weighted by molar-refractivity contribution is 6.31. The molecule has 0 spiro atoms. The van der Waals surface area contributed by atoms with Crippen LogP contribution in [0.25, 0.3) is 16.7 Å². The predicted molar refractivity (Wildman–Crippen MR) is 93.9 cm³/mol. The number of nitrogens with zero attached hydrogens (tertiary/aromatic N) is 5. The number of rotatable bonds is 3. The second-order valence-corrected chi connectivity index (χ2v) is 5.64. The minimum Gasteiger partial charge on any atom is -0.319 e. The third-order valence-corrected chi connectivity index (χ3v) is 3.79. The maximum atomic E-state index is 12.6. The summed E-state index contributed by atoms with van der Waals surface area (Å²) in [6.07, 6.45) is 4.39. The van der Waals surface area contributed by atoms with Gasteiger partial charge in [-0.25, -0.2) is 14.6 Å². The van der Waals surface area contributed by atoms with E-state index in [-0.39, 0.29) is 11.6 Å². The molecular formula is C17H11ClN6O. The van der Waals surface area contributed by atoms with Crippen molar-refractivity contribution in [2.45, 2.75) is 0 Å². The smallest absolute Gasteiger partial charge is 0.275 e. The summed E-state index contributed by atoms with van der Waals surface area (Å²) in [5.74, 6) is -0.387. The predicted octanol–water partition coefficient (Wildman–Crippen LogP) is 3.12. The molecule has 0 fully saturated rings. The first-order valence-corrected chi connectivity index (χ1v) is 7.76. The number of nitrogens with one attached hydrogen (secondary N) is 1. The van der Waals surface area contributed by atoms with E-state index in [9.17, 15) is 4.79 Å². The molecule has 4 aromatic rings. The van der Waals surface area contributed by atoms with Crippen LogP contribution in [0, 0.1) is 0 Å². The standard InChI is InChI=1S/C17H11ClN6O/c18-11-5-6-16(24-10-19-9-21-24)14(7-11)23-17(25)15-8-20-12-3-1-2-4-13(12)22-15/h1-10H,(H,23,25). The first-order valence-electron chi connectivity index (χ1n) is 7.38. The molecule has 25 heavy (non-hydrogen) atoms. The number of carbonyl (C=O) groups is 1. The quantitative estimate of drug-likeness (QED) is 0.613. The Morgan fingerprint density at radius 3 is 2.76 bits per heavy atom. The monoisotopic (exact) mass is 350 g/mol. The van der Waals surface area contributed by atoms with E-state index in [1.165, 1.54) is 23.5 Å². The number of hydrogen-bond acceptors (Lipinski definition) is 5. The molecule has 2 heterocycles. The zero-order valence-corrected chi connectivity index (χ0v) is 13.6. The second-order valence-electron chi connectivity index (χ2n) is 5.20. The lowest BCUT2D eigenvalue weighted by Gasteiger charge is -2.11. The second kappa shape index (κ2) is 6.29. The number of anilines is 1. The van der Waals surface area contributed by atoms with Crippen molar-refractivity contribution < 1.29 is 4.79 Å². The van der Waals surface area contributed by atoms with Gasteiger partial charge in [0.25, 0.3) is 5.91 Å². The molecule has 4 rings (SSSR count). The van der Waals surface area contributed by atoms with Gasteiger partial charge in [-0.2, -0.15) is 5.10 Å². The van der Waals surface area contributed by atoms with Crippen molar-refractivity contribution >= 4 is 34.2 Å². The van der Waals surface area contributed by atoms with Crippen molar-refractivity contribution in [1.29, 1.82) is 0 Å². The van der Waals surface area contributed by atoms with Crippen LogP contribution < -0.4 is 5.32 Å². The van der Waals surface area contributed by atoms with E-state index >= 15 is 0 Å². The highest BCUT2D eigenvalue weighted by Gasteiger charge is 2.13. The summed E-state index contributed by atoms with van der Waals surface area (Å²) in [5, 5.41) is 7.38. The largest absolute Gasteiger partial charge is 0.319 e. The van der Waals surface area contributed by atoms with Crippen molar-refractivity contribution in [3.05, 3.63) is 72.0 Å². The van der Waals surface area contributed by atoms with Crippen LogP contribution in [0.4, 0.5) is 5.69 Å².